The Hall–Kier alpha value is -0.723. The second-order valence-corrected chi connectivity index (χ2v) is 8.82. The highest BCUT2D eigenvalue weighted by Crippen LogP contribution is 2.18. The fraction of sp³-hybridized carbons (Fsp3) is 0.647. The van der Waals surface area contributed by atoms with Crippen LogP contribution in [0.3, 0.4) is 0 Å². The fourth-order valence-corrected chi connectivity index (χ4v) is 4.67. The van der Waals surface area contributed by atoms with Gasteiger partial charge in [0.05, 0.1) is 13.2 Å². The highest BCUT2D eigenvalue weighted by atomic mass is 28.4. The van der Waals surface area contributed by atoms with Crippen LogP contribution in [0, 0.1) is 0 Å². The molecule has 0 aliphatic heterocycles. The molecular formula is C17H31NO3Si. The van der Waals surface area contributed by atoms with E-state index in [2.05, 4.69) is 36.1 Å². The Morgan fingerprint density at radius 2 is 1.59 bits per heavy atom. The molecule has 0 saturated carbocycles. The van der Waals surface area contributed by atoms with Gasteiger partial charge in [0.25, 0.3) is 0 Å². The van der Waals surface area contributed by atoms with Crippen molar-refractivity contribution in [1.82, 2.24) is 5.32 Å². The topological polar surface area (TPSA) is 39.7 Å². The summed E-state index contributed by atoms with van der Waals surface area (Å²) in [4.78, 5) is 0. The van der Waals surface area contributed by atoms with E-state index in [1.807, 2.05) is 20.9 Å². The molecular weight excluding hydrogens is 294 g/mol. The lowest BCUT2D eigenvalue weighted by molar-refractivity contribution is 0.124. The lowest BCUT2D eigenvalue weighted by atomic mass is 10.1. The van der Waals surface area contributed by atoms with Crippen molar-refractivity contribution in [2.45, 2.75) is 39.5 Å². The first-order valence-electron chi connectivity index (χ1n) is 8.21. The van der Waals surface area contributed by atoms with Gasteiger partial charge in [-0.1, -0.05) is 24.3 Å². The highest BCUT2D eigenvalue weighted by molar-refractivity contribution is 6.66. The van der Waals surface area contributed by atoms with Crippen molar-refractivity contribution in [3.8, 4) is 0 Å². The number of nitrogens with one attached hydrogen (secondary N) is 1. The van der Waals surface area contributed by atoms with Gasteiger partial charge in [-0.25, -0.2) is 0 Å². The Bertz CT molecular complexity index is 391. The quantitative estimate of drug-likeness (QED) is 0.473. The molecule has 0 amide bonds. The first-order valence-corrected chi connectivity index (χ1v) is 10.7. The number of benzene rings is 1. The number of hydrogen-bond donors (Lipinski definition) is 1. The first-order chi connectivity index (χ1) is 10.6. The van der Waals surface area contributed by atoms with Gasteiger partial charge in [-0.3, -0.25) is 0 Å². The summed E-state index contributed by atoms with van der Waals surface area (Å²) in [7, 11) is -0.0773. The molecule has 0 aliphatic carbocycles. The van der Waals surface area contributed by atoms with E-state index >= 15 is 0 Å². The molecule has 0 aliphatic rings. The van der Waals surface area contributed by atoms with Gasteiger partial charge in [0, 0.05) is 19.8 Å². The van der Waals surface area contributed by atoms with Gasteiger partial charge in [-0.2, -0.15) is 0 Å². The van der Waals surface area contributed by atoms with E-state index in [1.165, 1.54) is 11.1 Å². The molecule has 0 radical (unpaired) electrons. The average Bonchev–Trinajstić information content (AvgIpc) is 2.51. The third-order valence-electron chi connectivity index (χ3n) is 3.56. The predicted molar refractivity (Wildman–Crippen MR) is 93.4 cm³/mol. The summed E-state index contributed by atoms with van der Waals surface area (Å²) in [5, 5.41) is 3.07. The normalized spacial score (nSPS) is 11.8. The minimum absolute atomic E-state index is 0.673. The molecule has 0 fully saturated rings. The third kappa shape index (κ3) is 7.51. The number of ether oxygens (including phenoxy) is 1. The Morgan fingerprint density at radius 3 is 2.14 bits per heavy atom. The summed E-state index contributed by atoms with van der Waals surface area (Å²) in [6.07, 6.45) is 1.00. The van der Waals surface area contributed by atoms with Crippen molar-refractivity contribution in [3.05, 3.63) is 35.4 Å². The van der Waals surface area contributed by atoms with Crippen molar-refractivity contribution in [2.24, 2.45) is 0 Å². The SMILES string of the molecule is CCO[Si](C)(CCc1ccc(COCCNC)cc1)OCC. The molecule has 0 aromatic heterocycles. The van der Waals surface area contributed by atoms with Crippen molar-refractivity contribution >= 4 is 8.56 Å². The van der Waals surface area contributed by atoms with Gasteiger partial charge in [-0.05, 0) is 51.0 Å². The standard InChI is InChI=1S/C17H31NO3Si/c1-5-20-22(4,21-6-2)14-11-16-7-9-17(10-8-16)15-19-13-12-18-3/h7-10,18H,5-6,11-15H2,1-4H3. The lowest BCUT2D eigenvalue weighted by Crippen LogP contribution is -2.39. The van der Waals surface area contributed by atoms with Crippen molar-refractivity contribution < 1.29 is 13.6 Å². The molecule has 0 bridgehead atoms. The predicted octanol–water partition coefficient (Wildman–Crippen LogP) is 3.11. The Labute approximate surface area is 136 Å². The Morgan fingerprint density at radius 1 is 1.00 bits per heavy atom. The molecule has 0 atom stereocenters. The van der Waals surface area contributed by atoms with Crippen LogP contribution in [0.4, 0.5) is 0 Å². The van der Waals surface area contributed by atoms with Crippen LogP contribution in [0.15, 0.2) is 24.3 Å². The van der Waals surface area contributed by atoms with E-state index in [0.717, 1.165) is 38.8 Å². The van der Waals surface area contributed by atoms with Crippen molar-refractivity contribution in [1.29, 1.82) is 0 Å². The molecule has 0 saturated heterocycles. The minimum Gasteiger partial charge on any atom is -0.395 e. The second-order valence-electron chi connectivity index (χ2n) is 5.47. The lowest BCUT2D eigenvalue weighted by Gasteiger charge is -2.25. The summed E-state index contributed by atoms with van der Waals surface area (Å²) in [6.45, 7) is 9.98. The fourth-order valence-electron chi connectivity index (χ4n) is 2.33. The van der Waals surface area contributed by atoms with Crippen LogP contribution in [-0.4, -0.2) is 42.0 Å². The third-order valence-corrected chi connectivity index (χ3v) is 6.51. The largest absolute Gasteiger partial charge is 0.395 e. The molecule has 22 heavy (non-hydrogen) atoms. The monoisotopic (exact) mass is 325 g/mol. The van der Waals surface area contributed by atoms with Crippen LogP contribution in [0.1, 0.15) is 25.0 Å². The molecule has 1 aromatic rings. The van der Waals surface area contributed by atoms with E-state index in [-0.39, 0.29) is 0 Å². The number of aryl methyl sites for hydroxylation is 1. The van der Waals surface area contributed by atoms with Gasteiger partial charge in [0.2, 0.25) is 0 Å². The zero-order chi connectivity index (χ0) is 16.3. The molecule has 5 heteroatoms. The van der Waals surface area contributed by atoms with Gasteiger partial charge >= 0.3 is 8.56 Å². The van der Waals surface area contributed by atoms with Gasteiger partial charge < -0.3 is 18.9 Å². The number of rotatable bonds is 12. The maximum Gasteiger partial charge on any atom is 0.335 e. The molecule has 1 rings (SSSR count). The molecule has 4 nitrogen and oxygen atoms in total. The van der Waals surface area contributed by atoms with Gasteiger partial charge in [0.1, 0.15) is 0 Å². The van der Waals surface area contributed by atoms with E-state index in [1.54, 1.807) is 0 Å². The van der Waals surface area contributed by atoms with Crippen molar-refractivity contribution in [2.75, 3.05) is 33.4 Å². The van der Waals surface area contributed by atoms with Gasteiger partial charge in [-0.15, -0.1) is 0 Å². The van der Waals surface area contributed by atoms with E-state index in [0.29, 0.717) is 6.61 Å². The molecule has 1 aromatic carbocycles. The van der Waals surface area contributed by atoms with Gasteiger partial charge in [0.15, 0.2) is 0 Å². The summed E-state index contributed by atoms with van der Waals surface area (Å²) in [5.41, 5.74) is 2.55. The summed E-state index contributed by atoms with van der Waals surface area (Å²) >= 11 is 0. The van der Waals surface area contributed by atoms with Crippen LogP contribution < -0.4 is 5.32 Å². The summed E-state index contributed by atoms with van der Waals surface area (Å²) in [6, 6.07) is 9.66. The van der Waals surface area contributed by atoms with Crippen LogP contribution >= 0.6 is 0 Å². The molecule has 1 N–H and O–H groups in total. The molecule has 0 unspecified atom stereocenters. The van der Waals surface area contributed by atoms with E-state index < -0.39 is 8.56 Å². The van der Waals surface area contributed by atoms with Crippen LogP contribution in [0.2, 0.25) is 12.6 Å². The zero-order valence-electron chi connectivity index (χ0n) is 14.5. The number of hydrogen-bond acceptors (Lipinski definition) is 4. The molecule has 0 heterocycles. The highest BCUT2D eigenvalue weighted by Gasteiger charge is 2.30. The van der Waals surface area contributed by atoms with Crippen LogP contribution in [0.25, 0.3) is 0 Å². The van der Waals surface area contributed by atoms with Crippen LogP contribution in [-0.2, 0) is 26.6 Å². The van der Waals surface area contributed by atoms with E-state index in [4.69, 9.17) is 13.6 Å². The summed E-state index contributed by atoms with van der Waals surface area (Å²) < 4.78 is 17.3. The maximum atomic E-state index is 5.88. The van der Waals surface area contributed by atoms with Crippen molar-refractivity contribution in [3.63, 3.8) is 0 Å². The number of likely N-dealkylation sites (N-methyl/N-ethyl adjacent to an activating group) is 1. The average molecular weight is 326 g/mol. The zero-order valence-corrected chi connectivity index (χ0v) is 15.5. The molecule has 0 spiro atoms. The summed E-state index contributed by atoms with van der Waals surface area (Å²) in [5.74, 6) is 0. The maximum absolute atomic E-state index is 5.88. The second kappa shape index (κ2) is 10.9. The smallest absolute Gasteiger partial charge is 0.335 e. The Kier molecular flexibility index (Phi) is 9.59. The van der Waals surface area contributed by atoms with E-state index in [9.17, 15) is 0 Å². The first kappa shape index (κ1) is 19.3. The Balaban J connectivity index is 2.42. The molecule has 126 valence electrons. The minimum atomic E-state index is -2.01. The van der Waals surface area contributed by atoms with Crippen LogP contribution in [0.5, 0.6) is 0 Å².